The van der Waals surface area contributed by atoms with Crippen molar-refractivity contribution in [2.75, 3.05) is 0 Å². The number of carbonyl (C=O) groups is 2. The first-order valence-corrected chi connectivity index (χ1v) is 7.38. The molecule has 0 saturated heterocycles. The number of benzene rings is 1. The van der Waals surface area contributed by atoms with Gasteiger partial charge in [-0.1, -0.05) is 30.3 Å². The van der Waals surface area contributed by atoms with Crippen LogP contribution >= 0.6 is 0 Å². The molecule has 0 aliphatic heterocycles. The lowest BCUT2D eigenvalue weighted by molar-refractivity contribution is -0.322. The minimum atomic E-state index is -1.10. The number of ether oxygens (including phenoxy) is 1. The van der Waals surface area contributed by atoms with Gasteiger partial charge in [0.2, 0.25) is 0 Å². The van der Waals surface area contributed by atoms with E-state index in [4.69, 9.17) is 9.78 Å². The maximum absolute atomic E-state index is 11.6. The molecule has 0 fully saturated rings. The van der Waals surface area contributed by atoms with Gasteiger partial charge in [-0.15, -0.1) is 0 Å². The van der Waals surface area contributed by atoms with Gasteiger partial charge >= 0.3 is 12.1 Å². The van der Waals surface area contributed by atoms with Crippen LogP contribution in [0.1, 0.15) is 40.2 Å². The summed E-state index contributed by atoms with van der Waals surface area (Å²) in [5.41, 5.74) is 0.217. The first-order valence-electron chi connectivity index (χ1n) is 7.38. The summed E-state index contributed by atoms with van der Waals surface area (Å²) in [6, 6.07) is 9.44. The summed E-state index contributed by atoms with van der Waals surface area (Å²) in [4.78, 5) is 41.5. The van der Waals surface area contributed by atoms with Crippen molar-refractivity contribution in [3.8, 4) is 0 Å². The fraction of sp³-hybridized carbons (Fsp3) is 0.412. The molecule has 0 heterocycles. The number of hydrogen-bond acceptors (Lipinski definition) is 7. The van der Waals surface area contributed by atoms with E-state index >= 15 is 0 Å². The van der Waals surface area contributed by atoms with E-state index in [0.717, 1.165) is 11.8 Å². The molecule has 1 aromatic rings. The molecule has 0 spiro atoms. The van der Waals surface area contributed by atoms with Crippen molar-refractivity contribution in [3.05, 3.63) is 47.7 Å². The van der Waals surface area contributed by atoms with Gasteiger partial charge in [0.05, 0.1) is 11.7 Å². The highest BCUT2D eigenvalue weighted by Crippen LogP contribution is 2.24. The SMILES string of the molecule is CC(=COOC(C)(C)c1ccccc1)C(=O)OOC(=O)OC(C)C. The number of rotatable bonds is 6. The molecule has 1 aromatic carbocycles. The van der Waals surface area contributed by atoms with Gasteiger partial charge in [0, 0.05) is 0 Å². The Morgan fingerprint density at radius 1 is 1.08 bits per heavy atom. The third-order valence-electron chi connectivity index (χ3n) is 2.79. The van der Waals surface area contributed by atoms with Crippen molar-refractivity contribution in [2.24, 2.45) is 0 Å². The van der Waals surface area contributed by atoms with E-state index in [1.807, 2.05) is 44.2 Å². The smallest absolute Gasteiger partial charge is 0.429 e. The molecule has 0 aliphatic carbocycles. The van der Waals surface area contributed by atoms with Crippen LogP contribution in [-0.4, -0.2) is 18.2 Å². The average molecular weight is 338 g/mol. The van der Waals surface area contributed by atoms with Gasteiger partial charge in [-0.2, -0.15) is 9.68 Å². The summed E-state index contributed by atoms with van der Waals surface area (Å²) < 4.78 is 4.64. The molecule has 0 amide bonds. The summed E-state index contributed by atoms with van der Waals surface area (Å²) in [6.45, 7) is 8.31. The van der Waals surface area contributed by atoms with Crippen molar-refractivity contribution in [1.29, 1.82) is 0 Å². The van der Waals surface area contributed by atoms with Crippen LogP contribution in [-0.2, 0) is 34.7 Å². The number of carbonyl (C=O) groups excluding carboxylic acids is 2. The molecule has 0 N–H and O–H groups in total. The second-order valence-electron chi connectivity index (χ2n) is 5.73. The van der Waals surface area contributed by atoms with Gasteiger partial charge < -0.3 is 9.62 Å². The van der Waals surface area contributed by atoms with Crippen LogP contribution in [0, 0.1) is 0 Å². The quantitative estimate of drug-likeness (QED) is 0.257. The minimum absolute atomic E-state index is 0.0382. The highest BCUT2D eigenvalue weighted by Gasteiger charge is 2.23. The van der Waals surface area contributed by atoms with Crippen LogP contribution in [0.4, 0.5) is 4.79 Å². The van der Waals surface area contributed by atoms with Crippen LogP contribution in [0.15, 0.2) is 42.2 Å². The van der Waals surface area contributed by atoms with E-state index in [1.165, 1.54) is 6.92 Å². The fourth-order valence-corrected chi connectivity index (χ4v) is 1.50. The standard InChI is InChI=1S/C17H22O7/c1-12(2)21-16(19)23-22-15(18)13(3)11-20-24-17(4,5)14-9-7-6-8-10-14/h6-12H,1-5H3. The van der Waals surface area contributed by atoms with Gasteiger partial charge in [0.25, 0.3) is 0 Å². The Labute approximate surface area is 141 Å². The van der Waals surface area contributed by atoms with Gasteiger partial charge in [-0.25, -0.2) is 14.6 Å². The lowest BCUT2D eigenvalue weighted by atomic mass is 9.99. The van der Waals surface area contributed by atoms with Gasteiger partial charge in [-0.3, -0.25) is 0 Å². The highest BCUT2D eigenvalue weighted by molar-refractivity contribution is 5.87. The Bertz CT molecular complexity index is 576. The van der Waals surface area contributed by atoms with Crippen LogP contribution in [0.2, 0.25) is 0 Å². The molecule has 0 aromatic heterocycles. The first kappa shape index (κ1) is 19.5. The van der Waals surface area contributed by atoms with E-state index in [9.17, 15) is 9.59 Å². The molecule has 0 bridgehead atoms. The van der Waals surface area contributed by atoms with Gasteiger partial charge in [0.1, 0.15) is 11.9 Å². The number of hydrogen-bond donors (Lipinski definition) is 0. The molecule has 24 heavy (non-hydrogen) atoms. The molecular weight excluding hydrogens is 316 g/mol. The second kappa shape index (κ2) is 8.93. The topological polar surface area (TPSA) is 80.3 Å². The molecule has 0 aliphatic rings. The first-order chi connectivity index (χ1) is 11.2. The Hall–Kier alpha value is -2.54. The molecule has 7 nitrogen and oxygen atoms in total. The summed E-state index contributed by atoms with van der Waals surface area (Å²) in [5, 5.41) is 0. The predicted octanol–water partition coefficient (Wildman–Crippen LogP) is 3.79. The summed E-state index contributed by atoms with van der Waals surface area (Å²) in [7, 11) is 0. The molecule has 132 valence electrons. The molecular formula is C17H22O7. The van der Waals surface area contributed by atoms with Crippen molar-refractivity contribution < 1.29 is 33.9 Å². The minimum Gasteiger partial charge on any atom is -0.429 e. The van der Waals surface area contributed by atoms with Crippen LogP contribution in [0.3, 0.4) is 0 Å². The predicted molar refractivity (Wildman–Crippen MR) is 84.2 cm³/mol. The lowest BCUT2D eigenvalue weighted by Gasteiger charge is -2.22. The molecule has 0 unspecified atom stereocenters. The maximum Gasteiger partial charge on any atom is 0.550 e. The Balaban J connectivity index is 2.46. The zero-order valence-corrected chi connectivity index (χ0v) is 14.4. The van der Waals surface area contributed by atoms with Crippen LogP contribution in [0.25, 0.3) is 0 Å². The highest BCUT2D eigenvalue weighted by atomic mass is 17.2. The molecule has 1 rings (SSSR count). The Kier molecular flexibility index (Phi) is 7.26. The third kappa shape index (κ3) is 6.70. The zero-order chi connectivity index (χ0) is 18.2. The maximum atomic E-state index is 11.6. The fourth-order valence-electron chi connectivity index (χ4n) is 1.50. The molecule has 0 saturated carbocycles. The van der Waals surface area contributed by atoms with Crippen molar-refractivity contribution in [1.82, 2.24) is 0 Å². The largest absolute Gasteiger partial charge is 0.550 e. The third-order valence-corrected chi connectivity index (χ3v) is 2.79. The van der Waals surface area contributed by atoms with E-state index in [-0.39, 0.29) is 11.7 Å². The van der Waals surface area contributed by atoms with Crippen LogP contribution in [0.5, 0.6) is 0 Å². The summed E-state index contributed by atoms with van der Waals surface area (Å²) in [6.07, 6.45) is -0.428. The summed E-state index contributed by atoms with van der Waals surface area (Å²) >= 11 is 0. The van der Waals surface area contributed by atoms with Crippen molar-refractivity contribution in [2.45, 2.75) is 46.3 Å². The van der Waals surface area contributed by atoms with E-state index in [2.05, 4.69) is 14.5 Å². The lowest BCUT2D eigenvalue weighted by Crippen LogP contribution is -2.21. The van der Waals surface area contributed by atoms with Crippen molar-refractivity contribution in [3.63, 3.8) is 0 Å². The van der Waals surface area contributed by atoms with E-state index in [1.54, 1.807) is 13.8 Å². The molecule has 0 radical (unpaired) electrons. The Morgan fingerprint density at radius 2 is 1.71 bits per heavy atom. The van der Waals surface area contributed by atoms with Gasteiger partial charge in [0.15, 0.2) is 0 Å². The van der Waals surface area contributed by atoms with Crippen LogP contribution < -0.4 is 0 Å². The Morgan fingerprint density at radius 3 is 2.29 bits per heavy atom. The van der Waals surface area contributed by atoms with E-state index in [0.29, 0.717) is 0 Å². The zero-order valence-electron chi connectivity index (χ0n) is 14.4. The normalized spacial score (nSPS) is 11.8. The second-order valence-corrected chi connectivity index (χ2v) is 5.73. The monoisotopic (exact) mass is 338 g/mol. The average Bonchev–Trinajstić information content (AvgIpc) is 2.52. The van der Waals surface area contributed by atoms with E-state index < -0.39 is 17.7 Å². The van der Waals surface area contributed by atoms with Crippen molar-refractivity contribution >= 4 is 12.1 Å². The summed E-state index contributed by atoms with van der Waals surface area (Å²) in [5.74, 6) is -0.906. The molecule has 7 heteroatoms. The van der Waals surface area contributed by atoms with Gasteiger partial charge in [-0.05, 0) is 40.2 Å². The molecule has 0 atom stereocenters.